The van der Waals surface area contributed by atoms with E-state index in [4.69, 9.17) is 19.4 Å². The van der Waals surface area contributed by atoms with Gasteiger partial charge in [0.1, 0.15) is 0 Å². The first-order valence-corrected chi connectivity index (χ1v) is 20.9. The van der Waals surface area contributed by atoms with Crippen molar-refractivity contribution in [3.8, 4) is 0 Å². The Kier molecular flexibility index (Phi) is 13.4. The summed E-state index contributed by atoms with van der Waals surface area (Å²) in [4.78, 5) is 0. The zero-order chi connectivity index (χ0) is 23.5. The van der Waals surface area contributed by atoms with Gasteiger partial charge in [-0.2, -0.15) is 0 Å². The van der Waals surface area contributed by atoms with E-state index in [2.05, 4.69) is 32.4 Å². The molecule has 0 aliphatic heterocycles. The van der Waals surface area contributed by atoms with E-state index in [1.165, 1.54) is 22.5 Å². The summed E-state index contributed by atoms with van der Waals surface area (Å²) in [5.74, 6) is 0.538. The standard InChI is InChI=1S/C18H33P.C11H13.2ClH.Ru/c1-4-10-16(11-5-1)19(17-12-6-2-7-13-17)18-14-8-3-9-15-18;1-9(2)8-11-7-5-4-6-10(11)3;;;/h16-18H,1-15H2;3-9H,1-2H3;2*1H;/q;+1;;;+2/p-1. The van der Waals surface area contributed by atoms with Crippen molar-refractivity contribution in [2.24, 2.45) is 5.92 Å². The van der Waals surface area contributed by atoms with Gasteiger partial charge in [-0.25, -0.2) is 0 Å². The van der Waals surface area contributed by atoms with Gasteiger partial charge < -0.3 is 0 Å². The van der Waals surface area contributed by atoms with Crippen LogP contribution in [0.3, 0.4) is 0 Å². The second-order valence-corrected chi connectivity index (χ2v) is 20.0. The van der Waals surface area contributed by atoms with Gasteiger partial charge in [-0.15, -0.1) is 0 Å². The van der Waals surface area contributed by atoms with Gasteiger partial charge in [0.2, 0.25) is 0 Å². The van der Waals surface area contributed by atoms with Crippen LogP contribution in [-0.2, 0) is 13.5 Å². The summed E-state index contributed by atoms with van der Waals surface area (Å²) >= 11 is -1.71. The van der Waals surface area contributed by atoms with Crippen molar-refractivity contribution >= 4 is 31.9 Å². The first-order valence-electron chi connectivity index (χ1n) is 13.7. The van der Waals surface area contributed by atoms with Crippen LogP contribution in [0.25, 0.3) is 0 Å². The Bertz CT molecular complexity index is 655. The molecule has 3 saturated carbocycles. The van der Waals surface area contributed by atoms with Crippen LogP contribution in [0, 0.1) is 12.3 Å². The third-order valence-electron chi connectivity index (χ3n) is 7.93. The molecule has 1 aromatic rings. The van der Waals surface area contributed by atoms with Gasteiger partial charge in [0.25, 0.3) is 0 Å². The molecule has 3 aliphatic rings. The summed E-state index contributed by atoms with van der Waals surface area (Å²) in [6, 6.07) is 8.19. The maximum absolute atomic E-state index is 5.86. The van der Waals surface area contributed by atoms with Crippen molar-refractivity contribution in [3.05, 3.63) is 41.8 Å². The zero-order valence-corrected chi connectivity index (χ0v) is 25.2. The number of halogens is 2. The van der Waals surface area contributed by atoms with Gasteiger partial charge in [0.15, 0.2) is 0 Å². The van der Waals surface area contributed by atoms with Crippen molar-refractivity contribution < 1.29 is 13.5 Å². The molecule has 0 amide bonds. The third-order valence-corrected chi connectivity index (χ3v) is 14.3. The second kappa shape index (κ2) is 15.7. The van der Waals surface area contributed by atoms with Gasteiger partial charge in [-0.05, 0) is 77.0 Å². The molecule has 0 heterocycles. The number of hydrogen-bond donors (Lipinski definition) is 0. The van der Waals surface area contributed by atoms with Gasteiger partial charge in [-0.3, -0.25) is 0 Å². The van der Waals surface area contributed by atoms with E-state index >= 15 is 0 Å². The maximum atomic E-state index is 5.86. The van der Waals surface area contributed by atoms with Crippen LogP contribution in [-0.4, -0.2) is 21.6 Å². The van der Waals surface area contributed by atoms with Crippen LogP contribution >= 0.6 is 27.3 Å². The van der Waals surface area contributed by atoms with Crippen LogP contribution in [0.2, 0.25) is 0 Å². The predicted octanol–water partition coefficient (Wildman–Crippen LogP) is 10.2. The van der Waals surface area contributed by atoms with Crippen molar-refractivity contribution in [1.82, 2.24) is 0 Å². The summed E-state index contributed by atoms with van der Waals surface area (Å²) < 4.78 is 1.99. The Morgan fingerprint density at radius 3 is 1.58 bits per heavy atom. The molecule has 0 nitrogen and oxygen atoms in total. The Labute approximate surface area is 219 Å². The fourth-order valence-corrected chi connectivity index (χ4v) is 13.6. The molecule has 3 fully saturated rings. The van der Waals surface area contributed by atoms with Crippen LogP contribution < -0.4 is 0 Å². The second-order valence-electron chi connectivity index (χ2n) is 10.9. The molecule has 0 N–H and O–H groups in total. The first-order chi connectivity index (χ1) is 16.0. The normalized spacial score (nSPS) is 21.5. The number of hydrogen-bond acceptors (Lipinski definition) is 0. The van der Waals surface area contributed by atoms with Crippen molar-refractivity contribution in [2.45, 2.75) is 127 Å². The molecule has 0 spiro atoms. The van der Waals surface area contributed by atoms with Crippen LogP contribution in [0.4, 0.5) is 0 Å². The van der Waals surface area contributed by atoms with Crippen LogP contribution in [0.15, 0.2) is 24.3 Å². The van der Waals surface area contributed by atoms with Gasteiger partial charge in [0, 0.05) is 7.92 Å². The Morgan fingerprint density at radius 1 is 0.758 bits per heavy atom. The molecule has 0 unspecified atom stereocenters. The van der Waals surface area contributed by atoms with Crippen molar-refractivity contribution in [3.63, 3.8) is 0 Å². The zero-order valence-electron chi connectivity index (χ0n) is 21.0. The number of benzene rings is 1. The average Bonchev–Trinajstić information content (AvgIpc) is 2.83. The van der Waals surface area contributed by atoms with Crippen molar-refractivity contribution in [2.75, 3.05) is 0 Å². The van der Waals surface area contributed by atoms with E-state index in [0.717, 1.165) is 5.56 Å². The molecule has 1 aromatic carbocycles. The predicted molar refractivity (Wildman–Crippen MR) is 150 cm³/mol. The van der Waals surface area contributed by atoms with E-state index in [-0.39, 0.29) is 7.92 Å². The summed E-state index contributed by atoms with van der Waals surface area (Å²) in [5, 5.41) is 0. The molecule has 0 aromatic heterocycles. The fourth-order valence-electron chi connectivity index (χ4n) is 6.51. The molecule has 0 atom stereocenters. The molecule has 0 radical (unpaired) electrons. The number of rotatable bonds is 6. The summed E-state index contributed by atoms with van der Waals surface area (Å²) in [6.45, 7) is 4.32. The molecule has 4 heteroatoms. The summed E-state index contributed by atoms with van der Waals surface area (Å²) in [7, 11) is 11.7. The van der Waals surface area contributed by atoms with Gasteiger partial charge >= 0.3 is 99.1 Å². The topological polar surface area (TPSA) is 0 Å². The van der Waals surface area contributed by atoms with Crippen LogP contribution in [0.5, 0.6) is 0 Å². The van der Waals surface area contributed by atoms with Crippen LogP contribution in [0.1, 0.15) is 121 Å². The molecule has 0 saturated heterocycles. The van der Waals surface area contributed by atoms with Gasteiger partial charge in [-0.1, -0.05) is 19.3 Å². The fraction of sp³-hybridized carbons (Fsp3) is 0.724. The minimum atomic E-state index is -1.71. The SMILES string of the molecule is C1CCC([PH+](C2CCCCC2)C2CCCCC2)CC1.CC(C)[CH+]c1ccccc1[CH]=[Ru]([Cl])[Cl]. The molecular formula is C29H47Cl2PRu+2. The Hall–Kier alpha value is 0.593. The average molecular weight is 599 g/mol. The van der Waals surface area contributed by atoms with Gasteiger partial charge in [0.05, 0.1) is 17.0 Å². The van der Waals surface area contributed by atoms with E-state index < -0.39 is 13.5 Å². The van der Waals surface area contributed by atoms with Crippen molar-refractivity contribution in [1.29, 1.82) is 0 Å². The molecule has 3 aliphatic carbocycles. The third kappa shape index (κ3) is 9.87. The molecule has 33 heavy (non-hydrogen) atoms. The molecular weight excluding hydrogens is 551 g/mol. The Morgan fingerprint density at radius 2 is 1.18 bits per heavy atom. The Balaban J connectivity index is 0.000000196. The molecule has 188 valence electrons. The monoisotopic (exact) mass is 598 g/mol. The van der Waals surface area contributed by atoms with E-state index in [1.807, 2.05) is 16.7 Å². The minimum absolute atomic E-state index is 0.0465. The summed E-state index contributed by atoms with van der Waals surface area (Å²) in [5.41, 5.74) is 6.06. The van der Waals surface area contributed by atoms with E-state index in [1.54, 1.807) is 96.3 Å². The molecule has 4 rings (SSSR count). The van der Waals surface area contributed by atoms with E-state index in [0.29, 0.717) is 5.92 Å². The quantitative estimate of drug-likeness (QED) is 0.174. The first kappa shape index (κ1) is 28.2. The molecule has 0 bridgehead atoms. The summed E-state index contributed by atoms with van der Waals surface area (Å²) in [6.07, 6.45) is 26.0. The van der Waals surface area contributed by atoms with E-state index in [9.17, 15) is 0 Å².